The van der Waals surface area contributed by atoms with E-state index < -0.39 is 18.5 Å². The molecule has 2 aliphatic rings. The van der Waals surface area contributed by atoms with Gasteiger partial charge in [0, 0.05) is 36.9 Å². The standard InChI is InChI=1S/C26H30F2N4O4/c1-14-4-5-16(23(33)31-26(35)30-18-6-8-19(9-7-18)36-25(27)28)11-20(14)21-12-17-13-29-15(2)10-22(17)32(3)24(21)34/h4-9,11,15,17,21-22,25,29H,10,12-13H2,1-3H3,(H2,30,31,33,35). The second-order valence-corrected chi connectivity index (χ2v) is 9.49. The number of fused-ring (bicyclic) bond motifs is 1. The number of urea groups is 1. The van der Waals surface area contributed by atoms with Crippen molar-refractivity contribution in [2.45, 2.75) is 51.3 Å². The quantitative estimate of drug-likeness (QED) is 0.579. The molecule has 2 aliphatic heterocycles. The summed E-state index contributed by atoms with van der Waals surface area (Å²) in [5, 5.41) is 8.24. The maximum Gasteiger partial charge on any atom is 0.387 e. The van der Waals surface area contributed by atoms with Crippen LogP contribution in [0.25, 0.3) is 0 Å². The first kappa shape index (κ1) is 25.6. The van der Waals surface area contributed by atoms with Crippen molar-refractivity contribution in [2.75, 3.05) is 18.9 Å². The first-order valence-corrected chi connectivity index (χ1v) is 11.9. The van der Waals surface area contributed by atoms with Gasteiger partial charge in [0.05, 0.1) is 5.92 Å². The van der Waals surface area contributed by atoms with Crippen LogP contribution in [-0.4, -0.2) is 55.0 Å². The summed E-state index contributed by atoms with van der Waals surface area (Å²) in [6.45, 7) is 1.93. The third-order valence-corrected chi connectivity index (χ3v) is 7.03. The van der Waals surface area contributed by atoms with Gasteiger partial charge < -0.3 is 20.3 Å². The van der Waals surface area contributed by atoms with Crippen LogP contribution in [0.2, 0.25) is 0 Å². The Morgan fingerprint density at radius 1 is 1.14 bits per heavy atom. The van der Waals surface area contributed by atoms with Crippen molar-refractivity contribution in [3.05, 3.63) is 59.2 Å². The molecule has 192 valence electrons. The van der Waals surface area contributed by atoms with E-state index in [0.29, 0.717) is 24.1 Å². The Kier molecular flexibility index (Phi) is 7.53. The molecule has 2 fully saturated rings. The van der Waals surface area contributed by atoms with Crippen molar-refractivity contribution in [3.63, 3.8) is 0 Å². The van der Waals surface area contributed by atoms with Gasteiger partial charge in [0.2, 0.25) is 5.91 Å². The van der Waals surface area contributed by atoms with E-state index >= 15 is 0 Å². The molecule has 0 saturated carbocycles. The van der Waals surface area contributed by atoms with Crippen molar-refractivity contribution >= 4 is 23.5 Å². The van der Waals surface area contributed by atoms with Gasteiger partial charge in [0.1, 0.15) is 5.75 Å². The zero-order valence-electron chi connectivity index (χ0n) is 20.4. The second kappa shape index (κ2) is 10.6. The van der Waals surface area contributed by atoms with E-state index in [-0.39, 0.29) is 29.2 Å². The van der Waals surface area contributed by atoms with Crippen LogP contribution in [0.3, 0.4) is 0 Å². The Labute approximate surface area is 208 Å². The highest BCUT2D eigenvalue weighted by atomic mass is 19.3. The highest BCUT2D eigenvalue weighted by Crippen LogP contribution is 2.38. The van der Waals surface area contributed by atoms with Crippen molar-refractivity contribution in [1.29, 1.82) is 0 Å². The van der Waals surface area contributed by atoms with Crippen LogP contribution in [0.1, 0.15) is 47.2 Å². The van der Waals surface area contributed by atoms with Crippen molar-refractivity contribution in [3.8, 4) is 5.75 Å². The summed E-state index contributed by atoms with van der Waals surface area (Å²) in [5.41, 5.74) is 2.25. The van der Waals surface area contributed by atoms with E-state index in [1.54, 1.807) is 18.2 Å². The van der Waals surface area contributed by atoms with Gasteiger partial charge in [-0.25, -0.2) is 4.79 Å². The normalized spacial score (nSPS) is 23.7. The molecule has 3 N–H and O–H groups in total. The lowest BCUT2D eigenvalue weighted by molar-refractivity contribution is -0.140. The molecular formula is C26H30F2N4O4. The van der Waals surface area contributed by atoms with Crippen LogP contribution >= 0.6 is 0 Å². The van der Waals surface area contributed by atoms with Gasteiger partial charge in [-0.15, -0.1) is 0 Å². The lowest BCUT2D eigenvalue weighted by atomic mass is 9.75. The van der Waals surface area contributed by atoms with Crippen molar-refractivity contribution < 1.29 is 27.9 Å². The van der Waals surface area contributed by atoms with Gasteiger partial charge in [-0.05, 0) is 80.1 Å². The molecule has 0 aliphatic carbocycles. The number of carbonyl (C=O) groups is 3. The number of nitrogens with zero attached hydrogens (tertiary/aromatic N) is 1. The summed E-state index contributed by atoms with van der Waals surface area (Å²) in [6, 6.07) is 10.2. The fourth-order valence-electron chi connectivity index (χ4n) is 5.13. The van der Waals surface area contributed by atoms with E-state index in [9.17, 15) is 23.2 Å². The highest BCUT2D eigenvalue weighted by molar-refractivity contribution is 6.08. The summed E-state index contributed by atoms with van der Waals surface area (Å²) < 4.78 is 28.8. The number of amides is 4. The topological polar surface area (TPSA) is 99.8 Å². The molecule has 2 aromatic carbocycles. The predicted octanol–water partition coefficient (Wildman–Crippen LogP) is 3.87. The molecule has 36 heavy (non-hydrogen) atoms. The summed E-state index contributed by atoms with van der Waals surface area (Å²) >= 11 is 0. The summed E-state index contributed by atoms with van der Waals surface area (Å²) in [4.78, 5) is 40.3. The zero-order valence-corrected chi connectivity index (χ0v) is 20.4. The molecular weight excluding hydrogens is 470 g/mol. The van der Waals surface area contributed by atoms with Crippen LogP contribution in [0.4, 0.5) is 19.3 Å². The van der Waals surface area contributed by atoms with E-state index in [2.05, 4.69) is 27.6 Å². The van der Waals surface area contributed by atoms with Gasteiger partial charge >= 0.3 is 12.6 Å². The van der Waals surface area contributed by atoms with Crippen molar-refractivity contribution in [1.82, 2.24) is 15.5 Å². The van der Waals surface area contributed by atoms with Gasteiger partial charge in [0.25, 0.3) is 5.91 Å². The first-order chi connectivity index (χ1) is 17.1. The Morgan fingerprint density at radius 3 is 2.56 bits per heavy atom. The minimum Gasteiger partial charge on any atom is -0.435 e. The van der Waals surface area contributed by atoms with Crippen LogP contribution in [0, 0.1) is 12.8 Å². The molecule has 0 spiro atoms. The Hall–Kier alpha value is -3.53. The number of aryl methyl sites for hydroxylation is 1. The molecule has 4 rings (SSSR count). The maximum atomic E-state index is 13.3. The number of rotatable bonds is 5. The number of alkyl halides is 2. The van der Waals surface area contributed by atoms with Gasteiger partial charge in [-0.3, -0.25) is 14.9 Å². The predicted molar refractivity (Wildman–Crippen MR) is 130 cm³/mol. The molecule has 0 bridgehead atoms. The van der Waals surface area contributed by atoms with Crippen molar-refractivity contribution in [2.24, 2.45) is 5.92 Å². The summed E-state index contributed by atoms with van der Waals surface area (Å²) in [7, 11) is 1.85. The Balaban J connectivity index is 1.44. The number of carbonyl (C=O) groups excluding carboxylic acids is 3. The average molecular weight is 501 g/mol. The van der Waals surface area contributed by atoms with Crippen LogP contribution in [0.5, 0.6) is 5.75 Å². The number of imide groups is 1. The minimum absolute atomic E-state index is 0.0445. The second-order valence-electron chi connectivity index (χ2n) is 9.49. The summed E-state index contributed by atoms with van der Waals surface area (Å²) in [6.07, 6.45) is 1.61. The van der Waals surface area contributed by atoms with Crippen LogP contribution < -0.4 is 20.7 Å². The number of likely N-dealkylation sites (tertiary alicyclic amines) is 1. The van der Waals surface area contributed by atoms with Gasteiger partial charge in [-0.1, -0.05) is 6.07 Å². The molecule has 0 aromatic heterocycles. The Bertz CT molecular complexity index is 1140. The Morgan fingerprint density at radius 2 is 1.86 bits per heavy atom. The molecule has 4 unspecified atom stereocenters. The molecule has 8 nitrogen and oxygen atoms in total. The van der Waals surface area contributed by atoms with Gasteiger partial charge in [0.15, 0.2) is 0 Å². The molecule has 0 radical (unpaired) electrons. The average Bonchev–Trinajstić information content (AvgIpc) is 2.83. The number of halogens is 2. The third kappa shape index (κ3) is 5.64. The fourth-order valence-corrected chi connectivity index (χ4v) is 5.13. The number of piperidine rings is 2. The SMILES string of the molecule is Cc1ccc(C(=O)NC(=O)Nc2ccc(OC(F)F)cc2)cc1C1CC2CNC(C)CC2N(C)C1=O. The number of likely N-dealkylation sites (N-methyl/N-ethyl adjacent to an activating group) is 1. The number of anilines is 1. The number of ether oxygens (including phenoxy) is 1. The molecule has 2 saturated heterocycles. The number of nitrogens with one attached hydrogen (secondary N) is 3. The van der Waals surface area contributed by atoms with Gasteiger partial charge in [-0.2, -0.15) is 8.78 Å². The molecule has 2 heterocycles. The van der Waals surface area contributed by atoms with E-state index in [0.717, 1.165) is 24.1 Å². The lowest BCUT2D eigenvalue weighted by Gasteiger charge is -2.47. The summed E-state index contributed by atoms with van der Waals surface area (Å²) in [5.74, 6) is -0.653. The van der Waals surface area contributed by atoms with E-state index in [1.807, 2.05) is 18.9 Å². The molecule has 10 heteroatoms. The molecule has 2 aromatic rings. The lowest BCUT2D eigenvalue weighted by Crippen LogP contribution is -2.57. The monoisotopic (exact) mass is 500 g/mol. The van der Waals surface area contributed by atoms with Crippen LogP contribution in [0.15, 0.2) is 42.5 Å². The number of hydrogen-bond acceptors (Lipinski definition) is 5. The number of benzene rings is 2. The first-order valence-electron chi connectivity index (χ1n) is 11.9. The van der Waals surface area contributed by atoms with E-state index in [4.69, 9.17) is 0 Å². The minimum atomic E-state index is -2.95. The van der Waals surface area contributed by atoms with Crippen LogP contribution in [-0.2, 0) is 4.79 Å². The zero-order chi connectivity index (χ0) is 26.0. The maximum absolute atomic E-state index is 13.3. The third-order valence-electron chi connectivity index (χ3n) is 7.03. The molecule has 4 atom stereocenters. The van der Waals surface area contributed by atoms with E-state index in [1.165, 1.54) is 24.3 Å². The smallest absolute Gasteiger partial charge is 0.387 e. The number of hydrogen-bond donors (Lipinski definition) is 3. The largest absolute Gasteiger partial charge is 0.435 e. The molecule has 4 amide bonds. The fraction of sp³-hybridized carbons (Fsp3) is 0.423. The highest BCUT2D eigenvalue weighted by Gasteiger charge is 2.43.